The van der Waals surface area contributed by atoms with E-state index in [9.17, 15) is 43.2 Å². The minimum Gasteiger partial charge on any atom is -0.462 e. The molecule has 0 aliphatic carbocycles. The summed E-state index contributed by atoms with van der Waals surface area (Å²) < 4.78 is 68.6. The van der Waals surface area contributed by atoms with Gasteiger partial charge in [0.15, 0.2) is 12.2 Å². The summed E-state index contributed by atoms with van der Waals surface area (Å²) in [5.74, 6) is -2.14. The van der Waals surface area contributed by atoms with Crippen molar-refractivity contribution < 1.29 is 80.2 Å². The molecule has 3 N–H and O–H groups in total. The van der Waals surface area contributed by atoms with Crippen molar-refractivity contribution in [3.05, 3.63) is 48.6 Å². The second-order valence-electron chi connectivity index (χ2n) is 27.7. The summed E-state index contributed by atoms with van der Waals surface area (Å²) >= 11 is 0. The van der Waals surface area contributed by atoms with Crippen LogP contribution < -0.4 is 0 Å². The highest BCUT2D eigenvalue weighted by atomic mass is 31.2. The summed E-state index contributed by atoms with van der Waals surface area (Å²) in [6, 6.07) is 0. The lowest BCUT2D eigenvalue weighted by atomic mass is 10.0. The van der Waals surface area contributed by atoms with E-state index in [1.807, 2.05) is 0 Å². The van der Waals surface area contributed by atoms with Crippen LogP contribution in [-0.4, -0.2) is 96.7 Å². The summed E-state index contributed by atoms with van der Waals surface area (Å²) in [6.07, 6.45) is 72.2. The molecule has 0 rings (SSSR count). The molecule has 0 aliphatic rings. The standard InChI is InChI=1S/C81H150O17P2/c1-5-9-13-17-21-25-29-32-35-36-37-38-41-43-47-50-54-58-62-66-79(84)91-71-76(97-80(85)67-63-59-55-51-45-28-24-20-16-12-8-4)73-95-99(87,88)93-69-75(82)70-94-100(89,90)96-74-77(98-81(86)68-64-60-56-52-48-44-40-34-31-27-23-19-15-11-7-3)72-92-78(83)65-61-57-53-49-46-42-39-33-30-26-22-18-14-10-6-2/h9,13,21,25,32,35,37-38,75-77,82H,5-8,10-12,14-20,22-24,26-31,33-34,36,39-74H2,1-4H3,(H,87,88)(H,89,90)/b13-9-,25-21-,35-32-,38-37-. The molecule has 0 aromatic rings. The van der Waals surface area contributed by atoms with Gasteiger partial charge in [-0.3, -0.25) is 37.3 Å². The smallest absolute Gasteiger partial charge is 0.462 e. The highest BCUT2D eigenvalue weighted by Gasteiger charge is 2.30. The molecule has 0 aromatic carbocycles. The van der Waals surface area contributed by atoms with E-state index >= 15 is 0 Å². The third-order valence-corrected chi connectivity index (χ3v) is 19.7. The SMILES string of the molecule is CC/C=C\C/C=C\C/C=C\C/C=C\CCCCCCCCC(=O)OCC(COP(=O)(O)OCC(O)COP(=O)(O)OCC(COC(=O)CCCCCCCCCCCCCCCCC)OC(=O)CCCCCCCCCCCCCCCCC)OC(=O)CCCCCCCCCCCCC. The van der Waals surface area contributed by atoms with Crippen LogP contribution in [-0.2, 0) is 65.4 Å². The minimum atomic E-state index is -4.97. The third-order valence-electron chi connectivity index (χ3n) is 17.8. The summed E-state index contributed by atoms with van der Waals surface area (Å²) in [4.78, 5) is 73.0. The molecule has 0 amide bonds. The van der Waals surface area contributed by atoms with Gasteiger partial charge < -0.3 is 33.8 Å². The van der Waals surface area contributed by atoms with Crippen LogP contribution >= 0.6 is 15.6 Å². The first-order valence-corrected chi connectivity index (χ1v) is 43.9. The summed E-state index contributed by atoms with van der Waals surface area (Å²) in [5, 5.41) is 10.6. The van der Waals surface area contributed by atoms with Gasteiger partial charge in [-0.05, 0) is 64.2 Å². The number of unbranched alkanes of at least 4 members (excludes halogenated alkanes) is 44. The van der Waals surface area contributed by atoms with E-state index in [4.69, 9.17) is 37.0 Å². The summed E-state index contributed by atoms with van der Waals surface area (Å²) in [7, 11) is -9.93. The number of carbonyl (C=O) groups is 4. The lowest BCUT2D eigenvalue weighted by Gasteiger charge is -2.21. The van der Waals surface area contributed by atoms with E-state index in [0.29, 0.717) is 25.7 Å². The maximum atomic E-state index is 13.1. The number of phosphoric acid groups is 2. The molecule has 0 aromatic heterocycles. The van der Waals surface area contributed by atoms with Crippen LogP contribution in [0.1, 0.15) is 387 Å². The van der Waals surface area contributed by atoms with Crippen LogP contribution in [0.4, 0.5) is 0 Å². The number of hydrogen-bond acceptors (Lipinski definition) is 15. The number of aliphatic hydroxyl groups excluding tert-OH is 1. The van der Waals surface area contributed by atoms with Gasteiger partial charge in [-0.15, -0.1) is 0 Å². The zero-order valence-corrected chi connectivity index (χ0v) is 65.9. The largest absolute Gasteiger partial charge is 0.472 e. The Labute approximate surface area is 610 Å². The maximum Gasteiger partial charge on any atom is 0.472 e. The molecule has 0 spiro atoms. The zero-order valence-electron chi connectivity index (χ0n) is 64.1. The Morgan fingerprint density at radius 1 is 0.290 bits per heavy atom. The predicted octanol–water partition coefficient (Wildman–Crippen LogP) is 23.7. The normalized spacial score (nSPS) is 14.1. The average molecular weight is 1460 g/mol. The van der Waals surface area contributed by atoms with Crippen LogP contribution in [0.2, 0.25) is 0 Å². The average Bonchev–Trinajstić information content (AvgIpc) is 0.953. The van der Waals surface area contributed by atoms with E-state index in [2.05, 4.69) is 76.3 Å². The molecule has 0 bridgehead atoms. The second kappa shape index (κ2) is 74.3. The van der Waals surface area contributed by atoms with Crippen LogP contribution in [0.3, 0.4) is 0 Å². The molecule has 0 radical (unpaired) electrons. The van der Waals surface area contributed by atoms with Crippen molar-refractivity contribution in [1.82, 2.24) is 0 Å². The first-order chi connectivity index (χ1) is 48.7. The molecule has 0 fully saturated rings. The Morgan fingerprint density at radius 3 is 0.800 bits per heavy atom. The fourth-order valence-electron chi connectivity index (χ4n) is 11.6. The van der Waals surface area contributed by atoms with Gasteiger partial charge in [-0.25, -0.2) is 9.13 Å². The maximum absolute atomic E-state index is 13.1. The lowest BCUT2D eigenvalue weighted by molar-refractivity contribution is -0.161. The van der Waals surface area contributed by atoms with Crippen molar-refractivity contribution in [2.45, 2.75) is 406 Å². The van der Waals surface area contributed by atoms with Gasteiger partial charge in [0, 0.05) is 25.7 Å². The predicted molar refractivity (Wildman–Crippen MR) is 409 cm³/mol. The molecular formula is C81H150O17P2. The van der Waals surface area contributed by atoms with Crippen LogP contribution in [0.15, 0.2) is 48.6 Å². The van der Waals surface area contributed by atoms with Crippen molar-refractivity contribution in [2.75, 3.05) is 39.6 Å². The highest BCUT2D eigenvalue weighted by molar-refractivity contribution is 7.47. The molecule has 0 heterocycles. The Balaban J connectivity index is 5.27. The van der Waals surface area contributed by atoms with E-state index in [-0.39, 0.29) is 25.7 Å². The van der Waals surface area contributed by atoms with Crippen LogP contribution in [0.25, 0.3) is 0 Å². The molecule has 0 saturated heterocycles. The summed E-state index contributed by atoms with van der Waals surface area (Å²) in [6.45, 7) is 4.84. The lowest BCUT2D eigenvalue weighted by Crippen LogP contribution is -2.30. The first-order valence-electron chi connectivity index (χ1n) is 40.9. The fourth-order valence-corrected chi connectivity index (χ4v) is 13.2. The molecule has 5 unspecified atom stereocenters. The van der Waals surface area contributed by atoms with E-state index in [1.165, 1.54) is 173 Å². The van der Waals surface area contributed by atoms with Crippen molar-refractivity contribution in [2.24, 2.45) is 0 Å². The molecular weight excluding hydrogens is 1310 g/mol. The Kier molecular flexibility index (Phi) is 72.1. The van der Waals surface area contributed by atoms with Gasteiger partial charge in [0.25, 0.3) is 0 Å². The molecule has 586 valence electrons. The van der Waals surface area contributed by atoms with Crippen molar-refractivity contribution in [3.8, 4) is 0 Å². The molecule has 100 heavy (non-hydrogen) atoms. The molecule has 0 saturated carbocycles. The van der Waals surface area contributed by atoms with Crippen molar-refractivity contribution in [1.29, 1.82) is 0 Å². The molecule has 17 nitrogen and oxygen atoms in total. The number of esters is 4. The number of carbonyl (C=O) groups excluding carboxylic acids is 4. The third kappa shape index (κ3) is 73.3. The molecule has 19 heteroatoms. The highest BCUT2D eigenvalue weighted by Crippen LogP contribution is 2.45. The number of allylic oxidation sites excluding steroid dienone is 8. The number of aliphatic hydroxyl groups is 1. The summed E-state index contributed by atoms with van der Waals surface area (Å²) in [5.41, 5.74) is 0. The second-order valence-corrected chi connectivity index (χ2v) is 30.6. The van der Waals surface area contributed by atoms with Gasteiger partial charge in [0.2, 0.25) is 0 Å². The van der Waals surface area contributed by atoms with Gasteiger partial charge in [-0.2, -0.15) is 0 Å². The van der Waals surface area contributed by atoms with Crippen molar-refractivity contribution in [3.63, 3.8) is 0 Å². The monoisotopic (exact) mass is 1460 g/mol. The Morgan fingerprint density at radius 2 is 0.520 bits per heavy atom. The number of hydrogen-bond donors (Lipinski definition) is 3. The molecule has 5 atom stereocenters. The van der Waals surface area contributed by atoms with Crippen LogP contribution in [0, 0.1) is 0 Å². The first kappa shape index (κ1) is 97.0. The number of rotatable bonds is 78. The fraction of sp³-hybridized carbons (Fsp3) is 0.852. The van der Waals surface area contributed by atoms with Crippen molar-refractivity contribution >= 4 is 39.5 Å². The minimum absolute atomic E-state index is 0.0985. The van der Waals surface area contributed by atoms with Gasteiger partial charge in [0.1, 0.15) is 19.3 Å². The van der Waals surface area contributed by atoms with Crippen LogP contribution in [0.5, 0.6) is 0 Å². The number of phosphoric ester groups is 2. The quantitative estimate of drug-likeness (QED) is 0.0169. The Hall–Kier alpha value is -2.98. The van der Waals surface area contributed by atoms with E-state index in [1.54, 1.807) is 0 Å². The molecule has 0 aliphatic heterocycles. The Bertz CT molecular complexity index is 2080. The van der Waals surface area contributed by atoms with Gasteiger partial charge in [0.05, 0.1) is 26.4 Å². The van der Waals surface area contributed by atoms with E-state index in [0.717, 1.165) is 135 Å². The number of ether oxygens (including phenoxy) is 4. The topological polar surface area (TPSA) is 237 Å². The van der Waals surface area contributed by atoms with Gasteiger partial charge >= 0.3 is 39.5 Å². The zero-order chi connectivity index (χ0) is 73.2. The van der Waals surface area contributed by atoms with Gasteiger partial charge in [-0.1, -0.05) is 346 Å². The van der Waals surface area contributed by atoms with E-state index < -0.39 is 97.5 Å².